The Kier molecular flexibility index (Phi) is 8.42. The van der Waals surface area contributed by atoms with E-state index in [1.165, 1.54) is 38.9 Å². The summed E-state index contributed by atoms with van der Waals surface area (Å²) < 4.78 is 0. The first kappa shape index (κ1) is 22.2. The molecule has 2 N–H and O–H groups in total. The van der Waals surface area contributed by atoms with Crippen LogP contribution in [-0.2, 0) is 0 Å². The van der Waals surface area contributed by atoms with Crippen LogP contribution in [0.5, 0.6) is 0 Å². The highest BCUT2D eigenvalue weighted by Crippen LogP contribution is 2.25. The number of likely N-dealkylation sites (tertiary alicyclic amines) is 1. The number of hydrogen-bond donors (Lipinski definition) is 2. The van der Waals surface area contributed by atoms with Gasteiger partial charge in [-0.1, -0.05) is 25.4 Å². The Morgan fingerprint density at radius 1 is 1.24 bits per heavy atom. The largest absolute Gasteiger partial charge is 0.356 e. The third-order valence-corrected chi connectivity index (χ3v) is 6.22. The summed E-state index contributed by atoms with van der Waals surface area (Å²) in [4.78, 5) is 13.7. The van der Waals surface area contributed by atoms with Crippen molar-refractivity contribution >= 4 is 23.4 Å². The number of pyridine rings is 1. The summed E-state index contributed by atoms with van der Waals surface area (Å²) in [6.07, 6.45) is 6.64. The zero-order valence-corrected chi connectivity index (χ0v) is 19.0. The minimum atomic E-state index is 0.357. The van der Waals surface area contributed by atoms with Gasteiger partial charge < -0.3 is 20.4 Å². The number of aliphatic imine (C=N–C) groups is 1. The van der Waals surface area contributed by atoms with Crippen molar-refractivity contribution in [1.82, 2.24) is 20.5 Å². The van der Waals surface area contributed by atoms with Gasteiger partial charge in [0.05, 0.1) is 5.02 Å². The maximum Gasteiger partial charge on any atom is 0.191 e. The van der Waals surface area contributed by atoms with E-state index >= 15 is 0 Å². The molecule has 0 aromatic carbocycles. The zero-order valence-electron chi connectivity index (χ0n) is 18.2. The van der Waals surface area contributed by atoms with E-state index in [1.807, 2.05) is 19.2 Å². The number of guanidine groups is 1. The van der Waals surface area contributed by atoms with E-state index in [1.54, 1.807) is 6.20 Å². The van der Waals surface area contributed by atoms with Crippen molar-refractivity contribution in [3.8, 4) is 0 Å². The number of halogens is 1. The van der Waals surface area contributed by atoms with Crippen LogP contribution in [-0.4, -0.2) is 68.2 Å². The van der Waals surface area contributed by atoms with E-state index in [9.17, 15) is 0 Å². The van der Waals surface area contributed by atoms with Gasteiger partial charge in [-0.15, -0.1) is 0 Å². The summed E-state index contributed by atoms with van der Waals surface area (Å²) in [5, 5.41) is 7.75. The Morgan fingerprint density at radius 2 is 2.03 bits per heavy atom. The van der Waals surface area contributed by atoms with Crippen LogP contribution < -0.4 is 15.5 Å². The highest BCUT2D eigenvalue weighted by atomic mass is 35.5. The van der Waals surface area contributed by atoms with E-state index in [4.69, 9.17) is 11.6 Å². The molecule has 2 saturated heterocycles. The molecule has 2 fully saturated rings. The lowest BCUT2D eigenvalue weighted by Gasteiger charge is -2.34. The van der Waals surface area contributed by atoms with Crippen LogP contribution >= 0.6 is 11.6 Å². The lowest BCUT2D eigenvalue weighted by molar-refractivity contribution is 0.139. The average molecular weight is 421 g/mol. The maximum atomic E-state index is 6.29. The van der Waals surface area contributed by atoms with Gasteiger partial charge in [0, 0.05) is 52.0 Å². The first-order valence-corrected chi connectivity index (χ1v) is 11.5. The molecule has 2 aliphatic rings. The van der Waals surface area contributed by atoms with E-state index in [0.29, 0.717) is 11.1 Å². The summed E-state index contributed by atoms with van der Waals surface area (Å²) in [6.45, 7) is 11.3. The minimum Gasteiger partial charge on any atom is -0.356 e. The second kappa shape index (κ2) is 11.0. The molecule has 1 aromatic heterocycles. The molecule has 0 amide bonds. The van der Waals surface area contributed by atoms with Crippen molar-refractivity contribution in [1.29, 1.82) is 0 Å². The van der Waals surface area contributed by atoms with Gasteiger partial charge in [0.25, 0.3) is 0 Å². The third kappa shape index (κ3) is 6.75. The fourth-order valence-electron chi connectivity index (χ4n) is 4.71. The highest BCUT2D eigenvalue weighted by molar-refractivity contribution is 6.32. The van der Waals surface area contributed by atoms with Gasteiger partial charge in [-0.05, 0) is 56.2 Å². The monoisotopic (exact) mass is 420 g/mol. The van der Waals surface area contributed by atoms with Gasteiger partial charge in [0.15, 0.2) is 5.96 Å². The van der Waals surface area contributed by atoms with Crippen LogP contribution in [0.2, 0.25) is 5.02 Å². The summed E-state index contributed by atoms with van der Waals surface area (Å²) >= 11 is 6.29. The Labute approximate surface area is 181 Å². The van der Waals surface area contributed by atoms with Crippen molar-refractivity contribution < 1.29 is 0 Å². The van der Waals surface area contributed by atoms with Gasteiger partial charge in [0.2, 0.25) is 0 Å². The smallest absolute Gasteiger partial charge is 0.191 e. The number of hydrogen-bond acceptors (Lipinski definition) is 4. The lowest BCUT2D eigenvalue weighted by atomic mass is 9.92. The molecule has 3 atom stereocenters. The van der Waals surface area contributed by atoms with Crippen molar-refractivity contribution in [2.75, 3.05) is 51.2 Å². The van der Waals surface area contributed by atoms with Crippen molar-refractivity contribution in [3.63, 3.8) is 0 Å². The van der Waals surface area contributed by atoms with Gasteiger partial charge in [0.1, 0.15) is 5.82 Å². The number of unbranched alkanes of at least 4 members (excludes halogenated alkanes) is 1. The molecule has 1 aromatic rings. The molecule has 0 spiro atoms. The molecule has 2 aliphatic heterocycles. The standard InChI is InChI=1S/C22H37ClN6/c1-17-13-18(2)15-28(14-17)11-5-4-9-26-22(24-3)27-19-8-12-29(16-19)21-20(23)7-6-10-25-21/h6-7,10,17-19H,4-5,8-9,11-16H2,1-3H3,(H2,24,26,27). The van der Waals surface area contributed by atoms with E-state index in [0.717, 1.165) is 49.7 Å². The first-order chi connectivity index (χ1) is 14.0. The number of nitrogens with zero attached hydrogens (tertiary/aromatic N) is 4. The number of piperidine rings is 1. The quantitative estimate of drug-likeness (QED) is 0.403. The normalized spacial score (nSPS) is 26.0. The van der Waals surface area contributed by atoms with Gasteiger partial charge in [-0.2, -0.15) is 0 Å². The van der Waals surface area contributed by atoms with Crippen molar-refractivity contribution in [2.45, 2.75) is 45.6 Å². The molecule has 0 aliphatic carbocycles. The molecule has 3 unspecified atom stereocenters. The fourth-order valence-corrected chi connectivity index (χ4v) is 4.95. The van der Waals surface area contributed by atoms with Crippen LogP contribution in [0.25, 0.3) is 0 Å². The predicted molar refractivity (Wildman–Crippen MR) is 123 cm³/mol. The van der Waals surface area contributed by atoms with Crippen molar-refractivity contribution in [3.05, 3.63) is 23.4 Å². The van der Waals surface area contributed by atoms with Gasteiger partial charge in [-0.3, -0.25) is 4.99 Å². The summed E-state index contributed by atoms with van der Waals surface area (Å²) in [5.41, 5.74) is 0. The first-order valence-electron chi connectivity index (χ1n) is 11.1. The fraction of sp³-hybridized carbons (Fsp3) is 0.727. The van der Waals surface area contributed by atoms with Crippen LogP contribution in [0, 0.1) is 11.8 Å². The molecular weight excluding hydrogens is 384 g/mol. The molecule has 6 nitrogen and oxygen atoms in total. The minimum absolute atomic E-state index is 0.357. The molecule has 3 heterocycles. The number of nitrogens with one attached hydrogen (secondary N) is 2. The molecule has 0 radical (unpaired) electrons. The zero-order chi connectivity index (χ0) is 20.6. The molecule has 0 bridgehead atoms. The number of rotatable bonds is 7. The Balaban J connectivity index is 1.33. The second-order valence-electron chi connectivity index (χ2n) is 8.80. The number of anilines is 1. The van der Waals surface area contributed by atoms with Crippen LogP contribution in [0.15, 0.2) is 23.3 Å². The predicted octanol–water partition coefficient (Wildman–Crippen LogP) is 3.24. The molecule has 162 valence electrons. The van der Waals surface area contributed by atoms with E-state index in [2.05, 4.69) is 44.3 Å². The van der Waals surface area contributed by atoms with Crippen LogP contribution in [0.1, 0.15) is 39.5 Å². The molecule has 29 heavy (non-hydrogen) atoms. The Morgan fingerprint density at radius 3 is 2.76 bits per heavy atom. The Hall–Kier alpha value is -1.53. The van der Waals surface area contributed by atoms with Crippen LogP contribution in [0.4, 0.5) is 5.82 Å². The Bertz CT molecular complexity index is 656. The average Bonchev–Trinajstić information content (AvgIpc) is 3.14. The lowest BCUT2D eigenvalue weighted by Crippen LogP contribution is -2.45. The van der Waals surface area contributed by atoms with Gasteiger partial charge in [-0.25, -0.2) is 4.98 Å². The molecule has 3 rings (SSSR count). The summed E-state index contributed by atoms with van der Waals surface area (Å²) in [7, 11) is 1.84. The highest BCUT2D eigenvalue weighted by Gasteiger charge is 2.25. The summed E-state index contributed by atoms with van der Waals surface area (Å²) in [6, 6.07) is 4.13. The topological polar surface area (TPSA) is 55.8 Å². The van der Waals surface area contributed by atoms with Crippen LogP contribution in [0.3, 0.4) is 0 Å². The third-order valence-electron chi connectivity index (χ3n) is 5.93. The second-order valence-corrected chi connectivity index (χ2v) is 9.20. The summed E-state index contributed by atoms with van der Waals surface area (Å²) in [5.74, 6) is 3.45. The maximum absolute atomic E-state index is 6.29. The van der Waals surface area contributed by atoms with E-state index in [-0.39, 0.29) is 0 Å². The SMILES string of the molecule is CN=C(NCCCCN1CC(C)CC(C)C1)NC1CCN(c2ncccc2Cl)C1. The molecule has 7 heteroatoms. The van der Waals surface area contributed by atoms with E-state index < -0.39 is 0 Å². The van der Waals surface area contributed by atoms with Gasteiger partial charge >= 0.3 is 0 Å². The van der Waals surface area contributed by atoms with Crippen molar-refractivity contribution in [2.24, 2.45) is 16.8 Å². The molecular formula is C22H37ClN6. The number of aromatic nitrogens is 1. The molecule has 0 saturated carbocycles.